The second-order valence-corrected chi connectivity index (χ2v) is 4.43. The molecule has 1 aromatic rings. The smallest absolute Gasteiger partial charge is 0.137 e. The summed E-state index contributed by atoms with van der Waals surface area (Å²) in [6.45, 7) is 4.08. The Hall–Kier alpha value is -0.830. The average Bonchev–Trinajstić information content (AvgIpc) is 2.98. The highest BCUT2D eigenvalue weighted by Crippen LogP contribution is 2.27. The van der Waals surface area contributed by atoms with Crippen LogP contribution in [0.4, 0.5) is 5.82 Å². The van der Waals surface area contributed by atoms with Gasteiger partial charge in [0.2, 0.25) is 0 Å². The lowest BCUT2D eigenvalue weighted by molar-refractivity contribution is 0.830. The van der Waals surface area contributed by atoms with Gasteiger partial charge in [-0.25, -0.2) is 9.97 Å². The molecule has 0 aliphatic heterocycles. The molecule has 1 saturated carbocycles. The van der Waals surface area contributed by atoms with Crippen molar-refractivity contribution in [2.24, 2.45) is 0 Å². The molecule has 3 nitrogen and oxygen atoms in total. The first-order valence-electron chi connectivity index (χ1n) is 5.50. The number of nitrogens with one attached hydrogen (secondary N) is 1. The molecule has 2 rings (SSSR count). The molecule has 0 atom stereocenters. The minimum absolute atomic E-state index is 0.580. The lowest BCUT2D eigenvalue weighted by Crippen LogP contribution is -2.08. The average molecular weight is 226 g/mol. The number of rotatable bonds is 4. The zero-order valence-corrected chi connectivity index (χ0v) is 9.93. The first kappa shape index (κ1) is 10.7. The van der Waals surface area contributed by atoms with Crippen LogP contribution in [0.25, 0.3) is 0 Å². The fourth-order valence-electron chi connectivity index (χ4n) is 1.43. The summed E-state index contributed by atoms with van der Waals surface area (Å²) < 4.78 is 0. The quantitative estimate of drug-likeness (QED) is 0.801. The molecule has 4 heteroatoms. The molecular weight excluding hydrogens is 210 g/mol. The lowest BCUT2D eigenvalue weighted by Gasteiger charge is -2.10. The summed E-state index contributed by atoms with van der Waals surface area (Å²) in [5.74, 6) is 1.76. The van der Waals surface area contributed by atoms with Crippen molar-refractivity contribution in [3.8, 4) is 0 Å². The van der Waals surface area contributed by atoms with Gasteiger partial charge in [-0.05, 0) is 26.2 Å². The first-order valence-corrected chi connectivity index (χ1v) is 5.88. The van der Waals surface area contributed by atoms with Crippen LogP contribution >= 0.6 is 11.6 Å². The van der Waals surface area contributed by atoms with Crippen molar-refractivity contribution < 1.29 is 0 Å². The van der Waals surface area contributed by atoms with E-state index in [1.807, 2.05) is 6.92 Å². The van der Waals surface area contributed by atoms with Crippen molar-refractivity contribution >= 4 is 17.4 Å². The molecule has 0 spiro atoms. The SMILES string of the molecule is CCCc1nc(Cl)c(C)c(NC2CC2)n1. The number of anilines is 1. The van der Waals surface area contributed by atoms with Crippen molar-refractivity contribution in [1.29, 1.82) is 0 Å². The molecule has 0 bridgehead atoms. The fourth-order valence-corrected chi connectivity index (χ4v) is 1.62. The van der Waals surface area contributed by atoms with Gasteiger partial charge < -0.3 is 5.32 Å². The summed E-state index contributed by atoms with van der Waals surface area (Å²) in [6, 6.07) is 0.601. The number of nitrogens with zero attached hydrogens (tertiary/aromatic N) is 2. The summed E-state index contributed by atoms with van der Waals surface area (Å²) in [5.41, 5.74) is 0.961. The highest BCUT2D eigenvalue weighted by molar-refractivity contribution is 6.30. The zero-order valence-electron chi connectivity index (χ0n) is 9.18. The van der Waals surface area contributed by atoms with E-state index in [1.54, 1.807) is 0 Å². The van der Waals surface area contributed by atoms with E-state index in [1.165, 1.54) is 12.8 Å². The number of aromatic nitrogens is 2. The Bertz CT molecular complexity index is 361. The number of hydrogen-bond donors (Lipinski definition) is 1. The monoisotopic (exact) mass is 225 g/mol. The molecule has 1 aliphatic carbocycles. The van der Waals surface area contributed by atoms with E-state index in [0.717, 1.165) is 30.0 Å². The Morgan fingerprint density at radius 2 is 2.13 bits per heavy atom. The second-order valence-electron chi connectivity index (χ2n) is 4.07. The van der Waals surface area contributed by atoms with Crippen LogP contribution in [0.5, 0.6) is 0 Å². The lowest BCUT2D eigenvalue weighted by atomic mass is 10.3. The maximum absolute atomic E-state index is 6.07. The van der Waals surface area contributed by atoms with E-state index in [-0.39, 0.29) is 0 Å². The molecule has 82 valence electrons. The standard InChI is InChI=1S/C11H16ClN3/c1-3-4-9-14-10(12)7(2)11(15-9)13-8-5-6-8/h8H,3-6H2,1-2H3,(H,13,14,15). The van der Waals surface area contributed by atoms with Crippen LogP contribution in [0.15, 0.2) is 0 Å². The van der Waals surface area contributed by atoms with Gasteiger partial charge in [-0.15, -0.1) is 0 Å². The van der Waals surface area contributed by atoms with Gasteiger partial charge in [-0.2, -0.15) is 0 Å². The first-order chi connectivity index (χ1) is 7.20. The normalized spacial score (nSPS) is 15.4. The maximum Gasteiger partial charge on any atom is 0.137 e. The van der Waals surface area contributed by atoms with E-state index >= 15 is 0 Å². The Balaban J connectivity index is 2.24. The Kier molecular flexibility index (Phi) is 3.10. The van der Waals surface area contributed by atoms with Gasteiger partial charge in [0.25, 0.3) is 0 Å². The number of hydrogen-bond acceptors (Lipinski definition) is 3. The molecule has 0 saturated heterocycles. The molecule has 1 N–H and O–H groups in total. The Morgan fingerprint density at radius 3 is 2.73 bits per heavy atom. The van der Waals surface area contributed by atoms with Gasteiger partial charge >= 0.3 is 0 Å². The summed E-state index contributed by atoms with van der Waals surface area (Å²) in [4.78, 5) is 8.76. The van der Waals surface area contributed by atoms with Crippen LogP contribution in [-0.2, 0) is 6.42 Å². The van der Waals surface area contributed by atoms with Gasteiger partial charge in [0.15, 0.2) is 0 Å². The third kappa shape index (κ3) is 2.59. The van der Waals surface area contributed by atoms with Crippen LogP contribution in [0.2, 0.25) is 5.15 Å². The Labute approximate surface area is 95.3 Å². The molecular formula is C11H16ClN3. The van der Waals surface area contributed by atoms with Crippen molar-refractivity contribution in [1.82, 2.24) is 9.97 Å². The van der Waals surface area contributed by atoms with Crippen molar-refractivity contribution in [2.45, 2.75) is 45.6 Å². The molecule has 15 heavy (non-hydrogen) atoms. The highest BCUT2D eigenvalue weighted by Gasteiger charge is 2.23. The number of halogens is 1. The van der Waals surface area contributed by atoms with Crippen LogP contribution < -0.4 is 5.32 Å². The largest absolute Gasteiger partial charge is 0.367 e. The van der Waals surface area contributed by atoms with Crippen molar-refractivity contribution in [3.63, 3.8) is 0 Å². The molecule has 1 aliphatic rings. The van der Waals surface area contributed by atoms with Gasteiger partial charge in [0.05, 0.1) is 0 Å². The number of aryl methyl sites for hydroxylation is 1. The minimum Gasteiger partial charge on any atom is -0.367 e. The van der Waals surface area contributed by atoms with Crippen LogP contribution in [0.3, 0.4) is 0 Å². The van der Waals surface area contributed by atoms with E-state index < -0.39 is 0 Å². The van der Waals surface area contributed by atoms with E-state index in [4.69, 9.17) is 11.6 Å². The molecule has 0 unspecified atom stereocenters. The molecule has 1 fully saturated rings. The van der Waals surface area contributed by atoms with Crippen LogP contribution in [0, 0.1) is 6.92 Å². The molecule has 0 amide bonds. The topological polar surface area (TPSA) is 37.8 Å². The molecule has 0 radical (unpaired) electrons. The summed E-state index contributed by atoms with van der Waals surface area (Å²) in [6.07, 6.45) is 4.41. The molecule has 0 aromatic carbocycles. The second kappa shape index (κ2) is 4.35. The summed E-state index contributed by atoms with van der Waals surface area (Å²) in [5, 5.41) is 3.97. The van der Waals surface area contributed by atoms with Gasteiger partial charge in [-0.3, -0.25) is 0 Å². The van der Waals surface area contributed by atoms with Crippen LogP contribution in [0.1, 0.15) is 37.6 Å². The Morgan fingerprint density at radius 1 is 1.40 bits per heavy atom. The van der Waals surface area contributed by atoms with E-state index in [0.29, 0.717) is 11.2 Å². The van der Waals surface area contributed by atoms with Gasteiger partial charge in [-0.1, -0.05) is 18.5 Å². The van der Waals surface area contributed by atoms with Gasteiger partial charge in [0, 0.05) is 18.0 Å². The zero-order chi connectivity index (χ0) is 10.8. The predicted molar refractivity (Wildman–Crippen MR) is 62.4 cm³/mol. The van der Waals surface area contributed by atoms with Crippen molar-refractivity contribution in [3.05, 3.63) is 16.5 Å². The van der Waals surface area contributed by atoms with E-state index in [9.17, 15) is 0 Å². The predicted octanol–water partition coefficient (Wildman–Crippen LogP) is 2.97. The van der Waals surface area contributed by atoms with Crippen LogP contribution in [-0.4, -0.2) is 16.0 Å². The maximum atomic E-state index is 6.07. The molecule has 1 heterocycles. The minimum atomic E-state index is 0.580. The van der Waals surface area contributed by atoms with Gasteiger partial charge in [0.1, 0.15) is 16.8 Å². The highest BCUT2D eigenvalue weighted by atomic mass is 35.5. The third-order valence-corrected chi connectivity index (χ3v) is 2.89. The van der Waals surface area contributed by atoms with E-state index in [2.05, 4.69) is 22.2 Å². The summed E-state index contributed by atoms with van der Waals surface area (Å²) >= 11 is 6.07. The molecule has 1 aromatic heterocycles. The van der Waals surface area contributed by atoms with Crippen molar-refractivity contribution in [2.75, 3.05) is 5.32 Å². The summed E-state index contributed by atoms with van der Waals surface area (Å²) in [7, 11) is 0. The third-order valence-electron chi connectivity index (χ3n) is 2.52. The fraction of sp³-hybridized carbons (Fsp3) is 0.636.